The molecule has 0 aliphatic rings. The van der Waals surface area contributed by atoms with Crippen molar-refractivity contribution >= 4 is 33.6 Å². The Morgan fingerprint density at radius 1 is 0.257 bits per heavy atom. The molecule has 5 atom stereocenters. The molecule has 0 aromatic rings. The van der Waals surface area contributed by atoms with E-state index in [1.54, 1.807) is 0 Å². The smallest absolute Gasteiger partial charge is 0.463 e. The Hall–Kier alpha value is -5.35. The fourth-order valence-electron chi connectivity index (χ4n) is 10.8. The molecule has 0 aliphatic carbocycles. The highest BCUT2D eigenvalue weighted by Crippen LogP contribution is 2.45. The summed E-state index contributed by atoms with van der Waals surface area (Å²) in [5.41, 5.74) is 0. The topological polar surface area (TPSA) is 231 Å². The molecule has 109 heavy (non-hydrogen) atoms. The van der Waals surface area contributed by atoms with Crippen LogP contribution in [0.1, 0.15) is 316 Å². The maximum Gasteiger partial charge on any atom is 0.472 e. The molecule has 0 bridgehead atoms. The van der Waals surface area contributed by atoms with Crippen LogP contribution in [-0.2, 0) is 55.8 Å². The van der Waals surface area contributed by atoms with Crippen molar-refractivity contribution in [2.75, 3.05) is 39.6 Å². The summed E-state index contributed by atoms with van der Waals surface area (Å²) in [6.07, 6.45) is 106. The molecule has 4 N–H and O–H groups in total. The summed E-state index contributed by atoms with van der Waals surface area (Å²) in [5, 5.41) is 20.7. The number of phosphoric acid groups is 2. The fraction of sp³-hybridized carbons (Fsp3) is 0.637. The Morgan fingerprint density at radius 3 is 0.725 bits per heavy atom. The molecule has 0 saturated carbocycles. The number of hydrogen-bond donors (Lipinski definition) is 4. The number of ether oxygens (including phenoxy) is 3. The van der Waals surface area contributed by atoms with Crippen LogP contribution in [0.4, 0.5) is 0 Å². The zero-order valence-corrected chi connectivity index (χ0v) is 69.7. The van der Waals surface area contributed by atoms with E-state index in [1.807, 2.05) is 0 Å². The lowest BCUT2D eigenvalue weighted by Gasteiger charge is -2.21. The number of carbonyl (C=O) groups is 3. The first-order valence-corrected chi connectivity index (χ1v) is 45.1. The van der Waals surface area contributed by atoms with Gasteiger partial charge in [-0.05, 0) is 154 Å². The second kappa shape index (κ2) is 82.1. The highest BCUT2D eigenvalue weighted by Gasteiger charge is 2.29. The second-order valence-electron chi connectivity index (χ2n) is 27.5. The molecule has 0 rings (SSSR count). The van der Waals surface area contributed by atoms with Gasteiger partial charge in [0, 0.05) is 19.3 Å². The fourth-order valence-corrected chi connectivity index (χ4v) is 12.4. The van der Waals surface area contributed by atoms with Crippen molar-refractivity contribution in [2.24, 2.45) is 0 Å². The van der Waals surface area contributed by atoms with Crippen molar-refractivity contribution in [1.82, 2.24) is 0 Å². The van der Waals surface area contributed by atoms with Crippen molar-refractivity contribution in [3.8, 4) is 0 Å². The van der Waals surface area contributed by atoms with E-state index in [-0.39, 0.29) is 19.3 Å². The lowest BCUT2D eigenvalue weighted by atomic mass is 10.0. The van der Waals surface area contributed by atoms with Crippen LogP contribution in [0.3, 0.4) is 0 Å². The predicted molar refractivity (Wildman–Crippen MR) is 454 cm³/mol. The number of allylic oxidation sites excluding steroid dienone is 30. The van der Waals surface area contributed by atoms with Crippen LogP contribution < -0.4 is 0 Å². The Bertz CT molecular complexity index is 2710. The van der Waals surface area contributed by atoms with E-state index in [2.05, 4.69) is 203 Å². The highest BCUT2D eigenvalue weighted by atomic mass is 31.2. The monoisotopic (exact) mass is 1560 g/mol. The summed E-state index contributed by atoms with van der Waals surface area (Å²) >= 11 is 0. The molecule has 0 aromatic carbocycles. The minimum Gasteiger partial charge on any atom is -0.463 e. The van der Waals surface area contributed by atoms with Gasteiger partial charge in [0.15, 0.2) is 6.10 Å². The van der Waals surface area contributed by atoms with Gasteiger partial charge in [0.05, 0.1) is 26.4 Å². The molecule has 0 amide bonds. The maximum atomic E-state index is 13.0. The lowest BCUT2D eigenvalue weighted by molar-refractivity contribution is -0.161. The zero-order valence-electron chi connectivity index (χ0n) is 67.9. The molecule has 0 heterocycles. The van der Waals surface area contributed by atoms with E-state index in [1.165, 1.54) is 44.9 Å². The number of rotatable bonds is 78. The first-order valence-electron chi connectivity index (χ1n) is 42.1. The largest absolute Gasteiger partial charge is 0.472 e. The predicted octanol–water partition coefficient (Wildman–Crippen LogP) is 25.3. The highest BCUT2D eigenvalue weighted by molar-refractivity contribution is 7.47. The first kappa shape index (κ1) is 104. The van der Waals surface area contributed by atoms with E-state index in [4.69, 9.17) is 32.3 Å². The average molecular weight is 1560 g/mol. The van der Waals surface area contributed by atoms with Crippen LogP contribution in [0.2, 0.25) is 0 Å². The molecule has 0 fully saturated rings. The van der Waals surface area contributed by atoms with Crippen LogP contribution in [0.5, 0.6) is 0 Å². The summed E-state index contributed by atoms with van der Waals surface area (Å²) in [5.74, 6) is -1.61. The molecule has 0 aliphatic heterocycles. The van der Waals surface area contributed by atoms with E-state index in [9.17, 15) is 43.5 Å². The second-order valence-corrected chi connectivity index (χ2v) is 30.4. The molecule has 620 valence electrons. The summed E-state index contributed by atoms with van der Waals surface area (Å²) in [7, 11) is -9.82. The first-order chi connectivity index (χ1) is 53.2. The van der Waals surface area contributed by atoms with E-state index < -0.39 is 91.5 Å². The van der Waals surface area contributed by atoms with Gasteiger partial charge in [-0.2, -0.15) is 0 Å². The average Bonchev–Trinajstić information content (AvgIpc) is 0.904. The maximum absolute atomic E-state index is 13.0. The van der Waals surface area contributed by atoms with Crippen LogP contribution in [-0.4, -0.2) is 95.9 Å². The van der Waals surface area contributed by atoms with Gasteiger partial charge in [-0.3, -0.25) is 32.5 Å². The summed E-state index contributed by atoms with van der Waals surface area (Å²) in [4.78, 5) is 58.9. The van der Waals surface area contributed by atoms with Crippen LogP contribution in [0.25, 0.3) is 0 Å². The third kappa shape index (κ3) is 83.4. The number of aliphatic hydroxyl groups is 2. The normalized spacial score (nSPS) is 14.8. The van der Waals surface area contributed by atoms with E-state index >= 15 is 0 Å². The number of esters is 3. The van der Waals surface area contributed by atoms with Gasteiger partial charge in [-0.25, -0.2) is 9.13 Å². The molecular weight excluding hydrogens is 1410 g/mol. The van der Waals surface area contributed by atoms with Crippen molar-refractivity contribution in [1.29, 1.82) is 0 Å². The van der Waals surface area contributed by atoms with Crippen molar-refractivity contribution in [3.05, 3.63) is 182 Å². The molecule has 5 unspecified atom stereocenters. The molecule has 0 radical (unpaired) electrons. The number of hydrogen-bond acceptors (Lipinski definition) is 14. The molecule has 18 heteroatoms. The Morgan fingerprint density at radius 2 is 0.459 bits per heavy atom. The molecule has 0 saturated heterocycles. The molecule has 16 nitrogen and oxygen atoms in total. The third-order valence-corrected chi connectivity index (χ3v) is 19.0. The third-order valence-electron chi connectivity index (χ3n) is 17.1. The minimum absolute atomic E-state index is 0.0820. The summed E-state index contributed by atoms with van der Waals surface area (Å²) in [6, 6.07) is 0. The van der Waals surface area contributed by atoms with Gasteiger partial charge in [0.2, 0.25) is 0 Å². The van der Waals surface area contributed by atoms with Crippen LogP contribution in [0, 0.1) is 0 Å². The number of phosphoric ester groups is 2. The van der Waals surface area contributed by atoms with Gasteiger partial charge < -0.3 is 34.2 Å². The van der Waals surface area contributed by atoms with Crippen LogP contribution in [0.15, 0.2) is 182 Å². The lowest BCUT2D eigenvalue weighted by Crippen LogP contribution is -2.30. The quantitative estimate of drug-likeness (QED) is 0.0146. The van der Waals surface area contributed by atoms with Crippen molar-refractivity contribution in [2.45, 2.75) is 334 Å². The zero-order chi connectivity index (χ0) is 79.4. The summed E-state index contributed by atoms with van der Waals surface area (Å²) in [6.45, 7) is 2.32. The Kier molecular flexibility index (Phi) is 78.1. The minimum atomic E-state index is -4.95. The Labute approximate surface area is 662 Å². The van der Waals surface area contributed by atoms with Crippen molar-refractivity contribution in [3.63, 3.8) is 0 Å². The summed E-state index contributed by atoms with van der Waals surface area (Å²) < 4.78 is 61.3. The molecule has 0 spiro atoms. The van der Waals surface area contributed by atoms with Gasteiger partial charge in [0.1, 0.15) is 25.4 Å². The van der Waals surface area contributed by atoms with E-state index in [0.717, 1.165) is 212 Å². The van der Waals surface area contributed by atoms with Gasteiger partial charge in [0.25, 0.3) is 0 Å². The van der Waals surface area contributed by atoms with Gasteiger partial charge >= 0.3 is 33.6 Å². The number of aliphatic hydroxyl groups excluding tert-OH is 2. The van der Waals surface area contributed by atoms with Gasteiger partial charge in [-0.15, -0.1) is 0 Å². The van der Waals surface area contributed by atoms with Crippen molar-refractivity contribution < 1.29 is 75.8 Å². The number of carbonyl (C=O) groups excluding carboxylic acids is 3. The number of unbranched alkanes of at least 4 members (excludes halogenated alkanes) is 25. The molecule has 0 aromatic heterocycles. The standard InChI is InChI=1S/C91H150O16P2/c1-4-7-10-13-16-19-22-25-28-31-34-37-40-41-42-43-46-48-50-53-56-59-62-65-68-71-74-77-89(94)101-80-86(92)81-103-108(97,98)104-82-87(93)83-105-109(99,100)106-85-88(107-91(96)79-76-73-70-67-64-61-58-55-52-49-45-39-36-33-30-27-24-21-18-15-12-9-6-3)84-102-90(95)78-75-72-69-66-63-60-57-54-51-47-44-38-35-32-29-26-23-20-17-14-11-8-5-2/h7-12,16-21,25-30,34-39,41-42,47,49,51-52,86-88,92-93H,4-6,13-15,22-24,31-33,40,43-46,48,50,53-85H2,1-3H3,(H,97,98)(H,99,100)/b10-7-,11-8-,12-9-,19-16-,20-17-,21-18-,28-25-,29-26-,30-27-,37-34-,38-35-,39-36-,42-41-,51-47-,52-49-. The SMILES string of the molecule is CC/C=C\C/C=C\C/C=C\C/C=C\C/C=C\CCCCCCCCCCCCCC(=O)OCC(O)COP(=O)(O)OCC(O)COP(=O)(O)OCC(COC(=O)CCCCCCCCC/C=C\C/C=C\C/C=C\C/C=C\C/C=C\CC)OC(=O)CCCCCCCCC/C=C\C/C=C\C/C=C\C/C=C\C/C=C\CC. The Balaban J connectivity index is 4.70. The van der Waals surface area contributed by atoms with Gasteiger partial charge in [-0.1, -0.05) is 325 Å². The van der Waals surface area contributed by atoms with Crippen LogP contribution >= 0.6 is 15.6 Å². The van der Waals surface area contributed by atoms with E-state index in [0.29, 0.717) is 19.3 Å². The molecular formula is C91H150O16P2.